The number of amides is 1. The van der Waals surface area contributed by atoms with Gasteiger partial charge in [-0.2, -0.15) is 10.2 Å². The quantitative estimate of drug-likeness (QED) is 0.380. The number of hydrogen-bond donors (Lipinski definition) is 1. The molecule has 0 radical (unpaired) electrons. The Morgan fingerprint density at radius 1 is 0.943 bits per heavy atom. The van der Waals surface area contributed by atoms with Crippen molar-refractivity contribution < 1.29 is 9.53 Å². The van der Waals surface area contributed by atoms with Crippen molar-refractivity contribution in [3.05, 3.63) is 109 Å². The monoisotopic (exact) mass is 464 g/mol. The van der Waals surface area contributed by atoms with Gasteiger partial charge < -0.3 is 10.1 Å². The molecular formula is C27H24N6O2. The van der Waals surface area contributed by atoms with Crippen LogP contribution in [0.4, 0.5) is 0 Å². The van der Waals surface area contributed by atoms with Crippen LogP contribution in [0.3, 0.4) is 0 Å². The summed E-state index contributed by atoms with van der Waals surface area (Å²) in [6.07, 6.45) is 4.90. The van der Waals surface area contributed by atoms with Gasteiger partial charge in [-0.3, -0.25) is 4.79 Å². The maximum atomic E-state index is 13.5. The normalized spacial score (nSPS) is 11.7. The molecule has 174 valence electrons. The molecule has 1 N–H and O–H groups in total. The lowest BCUT2D eigenvalue weighted by Crippen LogP contribution is -2.26. The van der Waals surface area contributed by atoms with Crippen LogP contribution in [-0.2, 0) is 0 Å². The Labute approximate surface area is 202 Å². The molecule has 2 heterocycles. The van der Waals surface area contributed by atoms with E-state index in [2.05, 4.69) is 15.4 Å². The van der Waals surface area contributed by atoms with E-state index >= 15 is 0 Å². The highest BCUT2D eigenvalue weighted by atomic mass is 16.5. The van der Waals surface area contributed by atoms with E-state index in [1.807, 2.05) is 85.8 Å². The molecule has 0 spiro atoms. The second-order valence-electron chi connectivity index (χ2n) is 8.03. The van der Waals surface area contributed by atoms with Crippen molar-refractivity contribution in [2.45, 2.75) is 13.0 Å². The van der Waals surface area contributed by atoms with Crippen molar-refractivity contribution >= 4 is 5.91 Å². The van der Waals surface area contributed by atoms with Gasteiger partial charge in [0.25, 0.3) is 5.91 Å². The first kappa shape index (κ1) is 22.1. The van der Waals surface area contributed by atoms with Crippen LogP contribution < -0.4 is 10.1 Å². The number of nitrogens with zero attached hydrogens (tertiary/aromatic N) is 5. The Kier molecular flexibility index (Phi) is 6.09. The van der Waals surface area contributed by atoms with Crippen LogP contribution in [0.1, 0.15) is 28.9 Å². The number of hydrogen-bond acceptors (Lipinski definition) is 5. The average molecular weight is 465 g/mol. The molecule has 1 amide bonds. The summed E-state index contributed by atoms with van der Waals surface area (Å²) < 4.78 is 8.79. The van der Waals surface area contributed by atoms with Gasteiger partial charge >= 0.3 is 0 Å². The zero-order chi connectivity index (χ0) is 24.2. The lowest BCUT2D eigenvalue weighted by molar-refractivity contribution is 0.0940. The third kappa shape index (κ3) is 4.67. The van der Waals surface area contributed by atoms with Crippen LogP contribution in [-0.4, -0.2) is 37.6 Å². The van der Waals surface area contributed by atoms with Crippen LogP contribution in [0.25, 0.3) is 22.6 Å². The second-order valence-corrected chi connectivity index (χ2v) is 8.03. The SMILES string of the molecule is COc1cccc(-c2nn(-c3ccccc3)cc2C(=O)NC(C)c2ccc(-n3cncn3)cc2)c1. The molecule has 0 aliphatic rings. The van der Waals surface area contributed by atoms with Gasteiger partial charge in [0.1, 0.15) is 24.1 Å². The van der Waals surface area contributed by atoms with Gasteiger partial charge in [0.15, 0.2) is 0 Å². The van der Waals surface area contributed by atoms with Crippen molar-refractivity contribution in [1.29, 1.82) is 0 Å². The summed E-state index contributed by atoms with van der Waals surface area (Å²) >= 11 is 0. The summed E-state index contributed by atoms with van der Waals surface area (Å²) in [6, 6.07) is 24.9. The molecule has 0 aliphatic carbocycles. The number of ether oxygens (including phenoxy) is 1. The van der Waals surface area contributed by atoms with Gasteiger partial charge in [-0.05, 0) is 48.9 Å². The first-order valence-corrected chi connectivity index (χ1v) is 11.2. The molecule has 1 atom stereocenters. The van der Waals surface area contributed by atoms with E-state index in [0.29, 0.717) is 17.0 Å². The minimum absolute atomic E-state index is 0.210. The topological polar surface area (TPSA) is 86.9 Å². The lowest BCUT2D eigenvalue weighted by Gasteiger charge is -2.15. The standard InChI is InChI=1S/C27H24N6O2/c1-19(20-11-13-23(14-12-20)33-18-28-17-29-33)30-27(34)25-16-32(22-8-4-3-5-9-22)31-26(25)21-7-6-10-24(15-21)35-2/h3-19H,1-2H3,(H,30,34). The maximum absolute atomic E-state index is 13.5. The Bertz CT molecular complexity index is 1430. The Hall–Kier alpha value is -4.72. The van der Waals surface area contributed by atoms with Gasteiger partial charge in [-0.25, -0.2) is 14.3 Å². The number of methoxy groups -OCH3 is 1. The minimum atomic E-state index is -0.217. The largest absolute Gasteiger partial charge is 0.497 e. The van der Waals surface area contributed by atoms with Crippen LogP contribution in [0.5, 0.6) is 5.75 Å². The van der Waals surface area contributed by atoms with Crippen LogP contribution >= 0.6 is 0 Å². The number of para-hydroxylation sites is 1. The highest BCUT2D eigenvalue weighted by Gasteiger charge is 2.21. The molecule has 0 saturated carbocycles. The highest BCUT2D eigenvalue weighted by molar-refractivity contribution is 6.00. The number of rotatable bonds is 7. The Balaban J connectivity index is 1.44. The summed E-state index contributed by atoms with van der Waals surface area (Å²) in [7, 11) is 1.62. The fourth-order valence-corrected chi connectivity index (χ4v) is 3.85. The van der Waals surface area contributed by atoms with E-state index in [1.165, 1.54) is 6.33 Å². The molecule has 1 unspecified atom stereocenters. The summed E-state index contributed by atoms with van der Waals surface area (Å²) in [4.78, 5) is 17.4. The molecule has 35 heavy (non-hydrogen) atoms. The van der Waals surface area contributed by atoms with E-state index < -0.39 is 0 Å². The predicted octanol–water partition coefficient (Wildman–Crippen LogP) is 4.62. The molecule has 8 heteroatoms. The second kappa shape index (κ2) is 9.64. The van der Waals surface area contributed by atoms with E-state index in [0.717, 1.165) is 22.5 Å². The molecule has 0 saturated heterocycles. The molecule has 5 aromatic rings. The van der Waals surface area contributed by atoms with Crippen LogP contribution in [0, 0.1) is 0 Å². The van der Waals surface area contributed by atoms with Crippen molar-refractivity contribution in [2.24, 2.45) is 0 Å². The van der Waals surface area contributed by atoms with E-state index in [4.69, 9.17) is 9.84 Å². The first-order chi connectivity index (χ1) is 17.1. The van der Waals surface area contributed by atoms with Crippen molar-refractivity contribution in [2.75, 3.05) is 7.11 Å². The fourth-order valence-electron chi connectivity index (χ4n) is 3.85. The van der Waals surface area contributed by atoms with Crippen molar-refractivity contribution in [3.8, 4) is 28.4 Å². The first-order valence-electron chi connectivity index (χ1n) is 11.2. The third-order valence-electron chi connectivity index (χ3n) is 5.75. The van der Waals surface area contributed by atoms with Crippen molar-refractivity contribution in [1.82, 2.24) is 29.9 Å². The summed E-state index contributed by atoms with van der Waals surface area (Å²) in [6.45, 7) is 1.95. The van der Waals surface area contributed by atoms with Crippen LogP contribution in [0.2, 0.25) is 0 Å². The number of carbonyl (C=O) groups is 1. The van der Waals surface area contributed by atoms with E-state index in [-0.39, 0.29) is 11.9 Å². The summed E-state index contributed by atoms with van der Waals surface area (Å²) in [5.41, 5.74) is 4.60. The minimum Gasteiger partial charge on any atom is -0.497 e. The maximum Gasteiger partial charge on any atom is 0.255 e. The molecular weight excluding hydrogens is 440 g/mol. The predicted molar refractivity (Wildman–Crippen MR) is 133 cm³/mol. The fraction of sp³-hybridized carbons (Fsp3) is 0.111. The number of nitrogens with one attached hydrogen (secondary N) is 1. The molecule has 8 nitrogen and oxygen atoms in total. The molecule has 0 fully saturated rings. The Morgan fingerprint density at radius 2 is 1.71 bits per heavy atom. The molecule has 3 aromatic carbocycles. The number of aromatic nitrogens is 5. The highest BCUT2D eigenvalue weighted by Crippen LogP contribution is 2.27. The van der Waals surface area contributed by atoms with E-state index in [9.17, 15) is 4.79 Å². The van der Waals surface area contributed by atoms with Gasteiger partial charge in [0, 0.05) is 11.8 Å². The van der Waals surface area contributed by atoms with Gasteiger partial charge in [-0.1, -0.05) is 42.5 Å². The van der Waals surface area contributed by atoms with Gasteiger partial charge in [0.2, 0.25) is 0 Å². The third-order valence-corrected chi connectivity index (χ3v) is 5.75. The summed E-state index contributed by atoms with van der Waals surface area (Å²) in [5.74, 6) is 0.488. The van der Waals surface area contributed by atoms with Gasteiger partial charge in [-0.15, -0.1) is 0 Å². The molecule has 5 rings (SSSR count). The smallest absolute Gasteiger partial charge is 0.255 e. The zero-order valence-electron chi connectivity index (χ0n) is 19.4. The lowest BCUT2D eigenvalue weighted by atomic mass is 10.1. The molecule has 0 bridgehead atoms. The van der Waals surface area contributed by atoms with E-state index in [1.54, 1.807) is 29.0 Å². The van der Waals surface area contributed by atoms with Crippen LogP contribution in [0.15, 0.2) is 97.7 Å². The van der Waals surface area contributed by atoms with Crippen molar-refractivity contribution in [3.63, 3.8) is 0 Å². The average Bonchev–Trinajstić information content (AvgIpc) is 3.60. The summed E-state index contributed by atoms with van der Waals surface area (Å²) in [5, 5.41) is 12.0. The molecule has 0 aliphatic heterocycles. The number of carbonyl (C=O) groups excluding carboxylic acids is 1. The number of benzene rings is 3. The zero-order valence-corrected chi connectivity index (χ0v) is 19.4. The molecule has 2 aromatic heterocycles. The van der Waals surface area contributed by atoms with Gasteiger partial charge in [0.05, 0.1) is 30.1 Å². The Morgan fingerprint density at radius 3 is 2.43 bits per heavy atom.